The van der Waals surface area contributed by atoms with Crippen LogP contribution in [0.15, 0.2) is 53.4 Å². The first-order chi connectivity index (χ1) is 11.7. The molecule has 2 N–H and O–H groups in total. The van der Waals surface area contributed by atoms with Gasteiger partial charge in [0.15, 0.2) is 0 Å². The van der Waals surface area contributed by atoms with Crippen LogP contribution in [0, 0.1) is 0 Å². The zero-order valence-corrected chi connectivity index (χ0v) is 16.2. The van der Waals surface area contributed by atoms with Crippen molar-refractivity contribution in [1.29, 1.82) is 0 Å². The highest BCUT2D eigenvalue weighted by Crippen LogP contribution is 2.24. The molecule has 1 fully saturated rings. The summed E-state index contributed by atoms with van der Waals surface area (Å²) in [5.41, 5.74) is 1.93. The first-order valence-electron chi connectivity index (χ1n) is 8.19. The molecule has 1 saturated heterocycles. The molecule has 0 unspecified atom stereocenters. The SMILES string of the molecule is Cl.O=C(NC1CCNCC1)c1ccc(CSc2ccc(Cl)cc2)cc1. The molecule has 25 heavy (non-hydrogen) atoms. The number of amides is 1. The molecule has 1 aliphatic rings. The summed E-state index contributed by atoms with van der Waals surface area (Å²) in [5, 5.41) is 7.18. The quantitative estimate of drug-likeness (QED) is 0.728. The normalized spacial score (nSPS) is 14.6. The third kappa shape index (κ3) is 6.23. The summed E-state index contributed by atoms with van der Waals surface area (Å²) >= 11 is 7.65. The van der Waals surface area contributed by atoms with E-state index in [0.717, 1.165) is 42.3 Å². The van der Waals surface area contributed by atoms with Crippen molar-refractivity contribution < 1.29 is 4.79 Å². The summed E-state index contributed by atoms with van der Waals surface area (Å²) in [6, 6.07) is 16.0. The lowest BCUT2D eigenvalue weighted by atomic mass is 10.1. The number of nitrogens with one attached hydrogen (secondary N) is 2. The first-order valence-corrected chi connectivity index (χ1v) is 9.56. The van der Waals surface area contributed by atoms with Crippen molar-refractivity contribution >= 4 is 41.7 Å². The highest BCUT2D eigenvalue weighted by Gasteiger charge is 2.16. The fraction of sp³-hybridized carbons (Fsp3) is 0.316. The molecule has 0 saturated carbocycles. The third-order valence-corrected chi connectivity index (χ3v) is 5.44. The maximum absolute atomic E-state index is 12.3. The van der Waals surface area contributed by atoms with E-state index in [-0.39, 0.29) is 18.3 Å². The zero-order valence-electron chi connectivity index (χ0n) is 13.8. The molecule has 1 amide bonds. The van der Waals surface area contributed by atoms with Gasteiger partial charge in [-0.05, 0) is 67.9 Å². The Kier molecular flexibility index (Phi) is 8.10. The van der Waals surface area contributed by atoms with E-state index in [1.54, 1.807) is 11.8 Å². The summed E-state index contributed by atoms with van der Waals surface area (Å²) in [7, 11) is 0. The average molecular weight is 397 g/mol. The van der Waals surface area contributed by atoms with Crippen LogP contribution in [-0.4, -0.2) is 25.0 Å². The number of benzene rings is 2. The lowest BCUT2D eigenvalue weighted by molar-refractivity contribution is 0.0929. The van der Waals surface area contributed by atoms with E-state index in [0.29, 0.717) is 6.04 Å². The third-order valence-electron chi connectivity index (χ3n) is 4.11. The molecule has 1 heterocycles. The molecule has 2 aromatic rings. The molecule has 0 atom stereocenters. The fourth-order valence-electron chi connectivity index (χ4n) is 2.68. The van der Waals surface area contributed by atoms with Gasteiger partial charge in [0.25, 0.3) is 5.91 Å². The molecule has 6 heteroatoms. The minimum absolute atomic E-state index is 0. The van der Waals surface area contributed by atoms with Crippen LogP contribution in [0.5, 0.6) is 0 Å². The minimum Gasteiger partial charge on any atom is -0.349 e. The highest BCUT2D eigenvalue weighted by atomic mass is 35.5. The van der Waals surface area contributed by atoms with E-state index in [4.69, 9.17) is 11.6 Å². The van der Waals surface area contributed by atoms with E-state index >= 15 is 0 Å². The predicted molar refractivity (Wildman–Crippen MR) is 108 cm³/mol. The predicted octanol–water partition coefficient (Wildman–Crippen LogP) is 4.54. The molecule has 0 radical (unpaired) electrons. The minimum atomic E-state index is 0. The molecule has 1 aliphatic heterocycles. The van der Waals surface area contributed by atoms with E-state index in [1.807, 2.05) is 48.5 Å². The van der Waals surface area contributed by atoms with Crippen molar-refractivity contribution in [2.45, 2.75) is 29.5 Å². The van der Waals surface area contributed by atoms with Gasteiger partial charge in [-0.25, -0.2) is 0 Å². The van der Waals surface area contributed by atoms with Gasteiger partial charge in [-0.2, -0.15) is 0 Å². The van der Waals surface area contributed by atoms with Crippen LogP contribution >= 0.6 is 35.8 Å². The van der Waals surface area contributed by atoms with Gasteiger partial charge in [-0.3, -0.25) is 4.79 Å². The second-order valence-electron chi connectivity index (χ2n) is 5.94. The Labute approximate surface area is 164 Å². The maximum Gasteiger partial charge on any atom is 0.251 e. The van der Waals surface area contributed by atoms with Crippen LogP contribution < -0.4 is 10.6 Å². The number of piperidine rings is 1. The second kappa shape index (κ2) is 10.1. The second-order valence-corrected chi connectivity index (χ2v) is 7.42. The van der Waals surface area contributed by atoms with E-state index in [9.17, 15) is 4.79 Å². The Morgan fingerprint density at radius 2 is 1.72 bits per heavy atom. The van der Waals surface area contributed by atoms with Crippen molar-refractivity contribution in [2.75, 3.05) is 13.1 Å². The Balaban J connectivity index is 0.00000225. The topological polar surface area (TPSA) is 41.1 Å². The number of carbonyl (C=O) groups excluding carboxylic acids is 1. The van der Waals surface area contributed by atoms with Crippen LogP contribution in [0.2, 0.25) is 5.02 Å². The van der Waals surface area contributed by atoms with E-state index in [1.165, 1.54) is 10.5 Å². The number of hydrogen-bond acceptors (Lipinski definition) is 3. The molecular weight excluding hydrogens is 375 g/mol. The molecule has 2 aromatic carbocycles. The molecule has 134 valence electrons. The van der Waals surface area contributed by atoms with E-state index in [2.05, 4.69) is 10.6 Å². The number of thioether (sulfide) groups is 1. The summed E-state index contributed by atoms with van der Waals surface area (Å²) in [6.07, 6.45) is 2.00. The van der Waals surface area contributed by atoms with Crippen molar-refractivity contribution in [2.24, 2.45) is 0 Å². The Morgan fingerprint density at radius 3 is 2.36 bits per heavy atom. The summed E-state index contributed by atoms with van der Waals surface area (Å²) in [4.78, 5) is 13.5. The highest BCUT2D eigenvalue weighted by molar-refractivity contribution is 7.98. The Bertz CT molecular complexity index is 671. The van der Waals surface area contributed by atoms with Crippen molar-refractivity contribution in [3.05, 3.63) is 64.7 Å². The Morgan fingerprint density at radius 1 is 1.08 bits per heavy atom. The van der Waals surface area contributed by atoms with Gasteiger partial charge in [0, 0.05) is 27.3 Å². The van der Waals surface area contributed by atoms with Crippen LogP contribution in [0.1, 0.15) is 28.8 Å². The summed E-state index contributed by atoms with van der Waals surface area (Å²) in [5.74, 6) is 0.900. The van der Waals surface area contributed by atoms with Gasteiger partial charge in [-0.1, -0.05) is 23.7 Å². The van der Waals surface area contributed by atoms with Crippen LogP contribution in [0.25, 0.3) is 0 Å². The van der Waals surface area contributed by atoms with E-state index < -0.39 is 0 Å². The Hall–Kier alpha value is -1.20. The molecule has 0 bridgehead atoms. The molecule has 0 aliphatic carbocycles. The van der Waals surface area contributed by atoms with Gasteiger partial charge >= 0.3 is 0 Å². The van der Waals surface area contributed by atoms with Crippen molar-refractivity contribution in [1.82, 2.24) is 10.6 Å². The number of carbonyl (C=O) groups is 1. The number of rotatable bonds is 5. The summed E-state index contributed by atoms with van der Waals surface area (Å²) in [6.45, 7) is 1.96. The monoisotopic (exact) mass is 396 g/mol. The molecule has 3 rings (SSSR count). The summed E-state index contributed by atoms with van der Waals surface area (Å²) < 4.78 is 0. The smallest absolute Gasteiger partial charge is 0.251 e. The van der Waals surface area contributed by atoms with Gasteiger partial charge in [0.1, 0.15) is 0 Å². The zero-order chi connectivity index (χ0) is 16.8. The number of hydrogen-bond donors (Lipinski definition) is 2. The molecule has 0 spiro atoms. The first kappa shape index (κ1) is 20.1. The lowest BCUT2D eigenvalue weighted by Gasteiger charge is -2.23. The molecular formula is C19H22Cl2N2OS. The largest absolute Gasteiger partial charge is 0.349 e. The molecule has 3 nitrogen and oxygen atoms in total. The fourth-order valence-corrected chi connectivity index (χ4v) is 3.67. The van der Waals surface area contributed by atoms with Crippen LogP contribution in [0.4, 0.5) is 0 Å². The lowest BCUT2D eigenvalue weighted by Crippen LogP contribution is -2.42. The maximum atomic E-state index is 12.3. The van der Waals surface area contributed by atoms with Gasteiger partial charge in [0.05, 0.1) is 0 Å². The van der Waals surface area contributed by atoms with Gasteiger partial charge in [-0.15, -0.1) is 24.2 Å². The average Bonchev–Trinajstić information content (AvgIpc) is 2.62. The molecule has 0 aromatic heterocycles. The van der Waals surface area contributed by atoms with Gasteiger partial charge in [0.2, 0.25) is 0 Å². The standard InChI is InChI=1S/C19H21ClN2OS.ClH/c20-16-5-7-18(8-6-16)24-13-14-1-3-15(4-2-14)19(23)22-17-9-11-21-12-10-17;/h1-8,17,21H,9-13H2,(H,22,23);1H. The van der Waals surface area contributed by atoms with Crippen molar-refractivity contribution in [3.8, 4) is 0 Å². The number of halogens is 2. The van der Waals surface area contributed by atoms with Crippen LogP contribution in [-0.2, 0) is 5.75 Å². The van der Waals surface area contributed by atoms with Crippen LogP contribution in [0.3, 0.4) is 0 Å². The van der Waals surface area contributed by atoms with Crippen molar-refractivity contribution in [3.63, 3.8) is 0 Å². The van der Waals surface area contributed by atoms with Gasteiger partial charge < -0.3 is 10.6 Å².